The van der Waals surface area contributed by atoms with E-state index in [2.05, 4.69) is 5.32 Å². The summed E-state index contributed by atoms with van der Waals surface area (Å²) in [4.78, 5) is 11.9. The van der Waals surface area contributed by atoms with Crippen LogP contribution in [0, 0.1) is 5.92 Å². The van der Waals surface area contributed by atoms with Gasteiger partial charge in [0.05, 0.1) is 5.54 Å². The lowest BCUT2D eigenvalue weighted by Crippen LogP contribution is -2.54. The molecule has 0 saturated heterocycles. The number of nitrogens with one attached hydrogen (secondary N) is 1. The number of carbonyl (C=O) groups is 1. The van der Waals surface area contributed by atoms with Crippen LogP contribution in [0.25, 0.3) is 0 Å². The molecule has 0 radical (unpaired) electrons. The van der Waals surface area contributed by atoms with E-state index in [1.807, 2.05) is 6.92 Å². The molecular formula is C14H20Cl2N2O2. The van der Waals surface area contributed by atoms with E-state index >= 15 is 0 Å². The molecule has 1 amide bonds. The molecule has 1 saturated carbocycles. The predicted octanol–water partition coefficient (Wildman–Crippen LogP) is 2.38. The molecule has 20 heavy (non-hydrogen) atoms. The maximum Gasteiger partial charge on any atom is 0.258 e. The zero-order valence-electron chi connectivity index (χ0n) is 11.4. The first-order chi connectivity index (χ1) is 9.03. The van der Waals surface area contributed by atoms with Crippen molar-refractivity contribution >= 4 is 29.9 Å². The number of nitrogens with two attached hydrogens (primary N) is 1. The van der Waals surface area contributed by atoms with Crippen LogP contribution in [0.2, 0.25) is 5.02 Å². The number of halogens is 2. The summed E-state index contributed by atoms with van der Waals surface area (Å²) in [6.45, 7) is 2.43. The number of hydrogen-bond acceptors (Lipinski definition) is 3. The molecule has 112 valence electrons. The first-order valence-electron chi connectivity index (χ1n) is 6.43. The first kappa shape index (κ1) is 17.1. The predicted molar refractivity (Wildman–Crippen MR) is 82.5 cm³/mol. The van der Waals surface area contributed by atoms with E-state index < -0.39 is 0 Å². The molecule has 3 N–H and O–H groups in total. The quantitative estimate of drug-likeness (QED) is 0.846. The lowest BCUT2D eigenvalue weighted by atomic mass is 9.96. The van der Waals surface area contributed by atoms with Crippen molar-refractivity contribution in [3.8, 4) is 5.75 Å². The van der Waals surface area contributed by atoms with Gasteiger partial charge in [-0.1, -0.05) is 11.6 Å². The van der Waals surface area contributed by atoms with Crippen molar-refractivity contribution in [3.05, 3.63) is 29.3 Å². The van der Waals surface area contributed by atoms with Gasteiger partial charge in [-0.25, -0.2) is 0 Å². The summed E-state index contributed by atoms with van der Waals surface area (Å²) in [5.41, 5.74) is 5.44. The second-order valence-electron chi connectivity index (χ2n) is 5.19. The molecule has 6 heteroatoms. The van der Waals surface area contributed by atoms with Crippen LogP contribution >= 0.6 is 24.0 Å². The maximum atomic E-state index is 11.9. The zero-order valence-corrected chi connectivity index (χ0v) is 13.0. The molecule has 2 rings (SSSR count). The maximum absolute atomic E-state index is 11.9. The Bertz CT molecular complexity index is 449. The minimum atomic E-state index is -0.305. The van der Waals surface area contributed by atoms with Gasteiger partial charge in [-0.3, -0.25) is 4.79 Å². The lowest BCUT2D eigenvalue weighted by Gasteiger charge is -2.29. The van der Waals surface area contributed by atoms with Crippen molar-refractivity contribution in [1.29, 1.82) is 0 Å². The highest BCUT2D eigenvalue weighted by atomic mass is 35.5. The van der Waals surface area contributed by atoms with Gasteiger partial charge in [-0.2, -0.15) is 0 Å². The summed E-state index contributed by atoms with van der Waals surface area (Å²) in [6, 6.07) is 6.92. The second kappa shape index (κ2) is 7.16. The Morgan fingerprint density at radius 1 is 1.45 bits per heavy atom. The van der Waals surface area contributed by atoms with Crippen molar-refractivity contribution in [2.24, 2.45) is 11.7 Å². The van der Waals surface area contributed by atoms with Crippen LogP contribution < -0.4 is 15.8 Å². The number of rotatable bonds is 6. The van der Waals surface area contributed by atoms with E-state index in [1.165, 1.54) is 0 Å². The van der Waals surface area contributed by atoms with Crippen LogP contribution in [-0.2, 0) is 4.79 Å². The molecule has 0 spiro atoms. The van der Waals surface area contributed by atoms with Crippen LogP contribution in [0.5, 0.6) is 5.75 Å². The first-order valence-corrected chi connectivity index (χ1v) is 6.81. The summed E-state index contributed by atoms with van der Waals surface area (Å²) in [5.74, 6) is 0.979. The van der Waals surface area contributed by atoms with Gasteiger partial charge in [0.25, 0.3) is 5.91 Å². The van der Waals surface area contributed by atoms with E-state index in [4.69, 9.17) is 22.1 Å². The molecule has 1 aromatic rings. The van der Waals surface area contributed by atoms with Crippen molar-refractivity contribution in [2.45, 2.75) is 25.3 Å². The van der Waals surface area contributed by atoms with Gasteiger partial charge in [0, 0.05) is 11.6 Å². The van der Waals surface area contributed by atoms with Crippen LogP contribution in [0.15, 0.2) is 24.3 Å². The SMILES string of the molecule is CC(CN)(NC(=O)COc1ccc(Cl)cc1)C1CC1.Cl. The molecule has 4 nitrogen and oxygen atoms in total. The molecule has 1 atom stereocenters. The van der Waals surface area contributed by atoms with Gasteiger partial charge in [-0.05, 0) is 49.9 Å². The van der Waals surface area contributed by atoms with Crippen molar-refractivity contribution in [1.82, 2.24) is 5.32 Å². The number of hydrogen-bond donors (Lipinski definition) is 2. The molecule has 1 unspecified atom stereocenters. The van der Waals surface area contributed by atoms with Crippen molar-refractivity contribution in [3.63, 3.8) is 0 Å². The van der Waals surface area contributed by atoms with Gasteiger partial charge in [0.2, 0.25) is 0 Å². The van der Waals surface area contributed by atoms with E-state index in [9.17, 15) is 4.79 Å². The highest BCUT2D eigenvalue weighted by Gasteiger charge is 2.41. The molecule has 0 aromatic heterocycles. The highest BCUT2D eigenvalue weighted by Crippen LogP contribution is 2.38. The number of amides is 1. The third-order valence-corrected chi connectivity index (χ3v) is 3.76. The molecule has 1 fully saturated rings. The van der Waals surface area contributed by atoms with Gasteiger partial charge in [-0.15, -0.1) is 12.4 Å². The van der Waals surface area contributed by atoms with E-state index in [1.54, 1.807) is 24.3 Å². The standard InChI is InChI=1S/C14H19ClN2O2.ClH/c1-14(9-16,10-2-3-10)17-13(18)8-19-12-6-4-11(15)5-7-12;/h4-7,10H,2-3,8-9,16H2,1H3,(H,17,18);1H. The van der Waals surface area contributed by atoms with Crippen molar-refractivity contribution < 1.29 is 9.53 Å². The van der Waals surface area contributed by atoms with Crippen LogP contribution in [0.3, 0.4) is 0 Å². The average Bonchev–Trinajstić information content (AvgIpc) is 3.22. The summed E-state index contributed by atoms with van der Waals surface area (Å²) in [5, 5.41) is 3.61. The largest absolute Gasteiger partial charge is 0.484 e. The third-order valence-electron chi connectivity index (χ3n) is 3.51. The fourth-order valence-electron chi connectivity index (χ4n) is 2.07. The number of carbonyl (C=O) groups excluding carboxylic acids is 1. The monoisotopic (exact) mass is 318 g/mol. The Morgan fingerprint density at radius 2 is 2.05 bits per heavy atom. The minimum Gasteiger partial charge on any atom is -0.484 e. The highest BCUT2D eigenvalue weighted by molar-refractivity contribution is 6.30. The van der Waals surface area contributed by atoms with E-state index in [0.717, 1.165) is 12.8 Å². The summed E-state index contributed by atoms with van der Waals surface area (Å²) in [7, 11) is 0. The van der Waals surface area contributed by atoms with Crippen LogP contribution in [0.4, 0.5) is 0 Å². The Hall–Kier alpha value is -0.970. The molecule has 1 aliphatic carbocycles. The number of benzene rings is 1. The van der Waals surface area contributed by atoms with Crippen LogP contribution in [-0.4, -0.2) is 24.6 Å². The van der Waals surface area contributed by atoms with Crippen molar-refractivity contribution in [2.75, 3.05) is 13.2 Å². The topological polar surface area (TPSA) is 64.3 Å². The molecular weight excluding hydrogens is 299 g/mol. The Balaban J connectivity index is 0.00000200. The number of ether oxygens (including phenoxy) is 1. The second-order valence-corrected chi connectivity index (χ2v) is 5.62. The van der Waals surface area contributed by atoms with Gasteiger partial charge < -0.3 is 15.8 Å². The molecule has 0 bridgehead atoms. The molecule has 1 aliphatic rings. The van der Waals surface area contributed by atoms with Gasteiger partial charge >= 0.3 is 0 Å². The lowest BCUT2D eigenvalue weighted by molar-refractivity contribution is -0.125. The molecule has 0 aliphatic heterocycles. The Morgan fingerprint density at radius 3 is 2.55 bits per heavy atom. The zero-order chi connectivity index (χ0) is 13.9. The fourth-order valence-corrected chi connectivity index (χ4v) is 2.20. The fraction of sp³-hybridized carbons (Fsp3) is 0.500. The Kier molecular flexibility index (Phi) is 6.11. The summed E-state index contributed by atoms with van der Waals surface area (Å²) < 4.78 is 5.40. The summed E-state index contributed by atoms with van der Waals surface area (Å²) >= 11 is 5.77. The van der Waals surface area contributed by atoms with Gasteiger partial charge in [0.15, 0.2) is 6.61 Å². The van der Waals surface area contributed by atoms with Crippen LogP contribution in [0.1, 0.15) is 19.8 Å². The molecule has 0 heterocycles. The van der Waals surface area contributed by atoms with E-state index in [-0.39, 0.29) is 30.5 Å². The Labute approximate surface area is 130 Å². The van der Waals surface area contributed by atoms with E-state index in [0.29, 0.717) is 23.2 Å². The smallest absolute Gasteiger partial charge is 0.258 e. The minimum absolute atomic E-state index is 0. The average molecular weight is 319 g/mol. The summed E-state index contributed by atoms with van der Waals surface area (Å²) in [6.07, 6.45) is 2.26. The third kappa shape index (κ3) is 4.54. The normalized spacial score (nSPS) is 16.8. The molecule has 1 aromatic carbocycles. The van der Waals surface area contributed by atoms with Gasteiger partial charge in [0.1, 0.15) is 5.75 Å².